The monoisotopic (exact) mass is 436 g/mol. The van der Waals surface area contributed by atoms with Gasteiger partial charge in [-0.1, -0.05) is 0 Å². The van der Waals surface area contributed by atoms with Crippen molar-refractivity contribution in [3.63, 3.8) is 0 Å². The summed E-state index contributed by atoms with van der Waals surface area (Å²) in [6.45, 7) is 2.56. The number of amides is 1. The van der Waals surface area contributed by atoms with Gasteiger partial charge in [0.2, 0.25) is 15.9 Å². The van der Waals surface area contributed by atoms with Gasteiger partial charge >= 0.3 is 0 Å². The second-order valence-corrected chi connectivity index (χ2v) is 8.30. The third-order valence-corrected chi connectivity index (χ3v) is 6.08. The van der Waals surface area contributed by atoms with Crippen LogP contribution in [0.25, 0.3) is 0 Å². The van der Waals surface area contributed by atoms with Gasteiger partial charge in [0.25, 0.3) is 0 Å². The van der Waals surface area contributed by atoms with Crippen LogP contribution in [0.1, 0.15) is 13.3 Å². The standard InChI is InChI=1S/C21H28N2O6S/c1-4-29-19-10-12-20(13-11-19)30(25,26)23(14-5-15-27-2)16-21(24)22-17-6-8-18(28-3)9-7-17/h6-13H,4-5,14-16H2,1-3H3,(H,22,24). The van der Waals surface area contributed by atoms with Gasteiger partial charge in [0, 0.05) is 25.9 Å². The average molecular weight is 437 g/mol. The van der Waals surface area contributed by atoms with E-state index in [9.17, 15) is 13.2 Å². The van der Waals surface area contributed by atoms with E-state index in [1.54, 1.807) is 50.6 Å². The second kappa shape index (κ2) is 11.5. The van der Waals surface area contributed by atoms with Gasteiger partial charge in [-0.25, -0.2) is 8.42 Å². The third kappa shape index (κ3) is 6.72. The van der Waals surface area contributed by atoms with Crippen molar-refractivity contribution in [1.82, 2.24) is 4.31 Å². The highest BCUT2D eigenvalue weighted by Crippen LogP contribution is 2.20. The van der Waals surface area contributed by atoms with Crippen LogP contribution in [0.2, 0.25) is 0 Å². The van der Waals surface area contributed by atoms with Gasteiger partial charge in [-0.3, -0.25) is 4.79 Å². The number of sulfonamides is 1. The van der Waals surface area contributed by atoms with Crippen LogP contribution >= 0.6 is 0 Å². The fraction of sp³-hybridized carbons (Fsp3) is 0.381. The van der Waals surface area contributed by atoms with Crippen LogP contribution in [-0.4, -0.2) is 59.2 Å². The van der Waals surface area contributed by atoms with E-state index in [2.05, 4.69) is 5.32 Å². The Morgan fingerprint density at radius 1 is 1.00 bits per heavy atom. The van der Waals surface area contributed by atoms with Crippen molar-refractivity contribution in [2.24, 2.45) is 0 Å². The fourth-order valence-corrected chi connectivity index (χ4v) is 4.16. The maximum atomic E-state index is 13.1. The molecule has 0 unspecified atom stereocenters. The number of anilines is 1. The molecule has 1 amide bonds. The lowest BCUT2D eigenvalue weighted by Crippen LogP contribution is -2.39. The SMILES string of the molecule is CCOc1ccc(S(=O)(=O)N(CCCOC)CC(=O)Nc2ccc(OC)cc2)cc1. The Labute approximate surface area is 177 Å². The first-order chi connectivity index (χ1) is 14.4. The molecule has 9 heteroatoms. The molecule has 30 heavy (non-hydrogen) atoms. The van der Waals surface area contributed by atoms with Gasteiger partial charge in [-0.15, -0.1) is 0 Å². The molecule has 2 rings (SSSR count). The number of carbonyl (C=O) groups excluding carboxylic acids is 1. The third-order valence-electron chi connectivity index (χ3n) is 4.22. The Bertz CT molecular complexity index is 898. The molecule has 0 aliphatic heterocycles. The Morgan fingerprint density at radius 2 is 1.63 bits per heavy atom. The normalized spacial score (nSPS) is 11.3. The Hall–Kier alpha value is -2.62. The van der Waals surface area contributed by atoms with Crippen molar-refractivity contribution < 1.29 is 27.4 Å². The number of benzene rings is 2. The molecular formula is C21H28N2O6S. The minimum atomic E-state index is -3.87. The zero-order valence-electron chi connectivity index (χ0n) is 17.5. The van der Waals surface area contributed by atoms with Crippen LogP contribution in [0.15, 0.2) is 53.4 Å². The molecule has 1 N–H and O–H groups in total. The van der Waals surface area contributed by atoms with E-state index in [1.165, 1.54) is 12.1 Å². The van der Waals surface area contributed by atoms with E-state index in [4.69, 9.17) is 14.2 Å². The maximum absolute atomic E-state index is 13.1. The first-order valence-electron chi connectivity index (χ1n) is 9.56. The summed E-state index contributed by atoms with van der Waals surface area (Å²) in [6, 6.07) is 12.9. The van der Waals surface area contributed by atoms with E-state index in [1.807, 2.05) is 6.92 Å². The van der Waals surface area contributed by atoms with Crippen molar-refractivity contribution in [2.45, 2.75) is 18.2 Å². The van der Waals surface area contributed by atoms with Crippen molar-refractivity contribution in [2.75, 3.05) is 45.8 Å². The van der Waals surface area contributed by atoms with Crippen LogP contribution in [0, 0.1) is 0 Å². The molecule has 0 aliphatic carbocycles. The molecule has 0 bridgehead atoms. The Morgan fingerprint density at radius 3 is 2.20 bits per heavy atom. The lowest BCUT2D eigenvalue weighted by atomic mass is 10.3. The van der Waals surface area contributed by atoms with Crippen LogP contribution in [-0.2, 0) is 19.6 Å². The van der Waals surface area contributed by atoms with Gasteiger partial charge in [0.05, 0.1) is 25.2 Å². The first-order valence-corrected chi connectivity index (χ1v) is 11.0. The van der Waals surface area contributed by atoms with Gasteiger partial charge in [-0.2, -0.15) is 4.31 Å². The van der Waals surface area contributed by atoms with Gasteiger partial charge in [-0.05, 0) is 61.9 Å². The Balaban J connectivity index is 2.15. The van der Waals surface area contributed by atoms with Crippen LogP contribution < -0.4 is 14.8 Å². The molecule has 2 aromatic rings. The topological polar surface area (TPSA) is 94.2 Å². The number of methoxy groups -OCH3 is 2. The molecule has 2 aromatic carbocycles. The zero-order valence-corrected chi connectivity index (χ0v) is 18.3. The van der Waals surface area contributed by atoms with Crippen LogP contribution in [0.5, 0.6) is 11.5 Å². The summed E-state index contributed by atoms with van der Waals surface area (Å²) < 4.78 is 42.9. The predicted molar refractivity (Wildman–Crippen MR) is 114 cm³/mol. The summed E-state index contributed by atoms with van der Waals surface area (Å²) in [4.78, 5) is 12.6. The number of hydrogen-bond donors (Lipinski definition) is 1. The van der Waals surface area contributed by atoms with Crippen molar-refractivity contribution in [3.05, 3.63) is 48.5 Å². The fourth-order valence-electron chi connectivity index (χ4n) is 2.73. The van der Waals surface area contributed by atoms with E-state index >= 15 is 0 Å². The quantitative estimate of drug-likeness (QED) is 0.514. The average Bonchev–Trinajstić information content (AvgIpc) is 2.74. The van der Waals surface area contributed by atoms with Gasteiger partial charge < -0.3 is 19.5 Å². The molecule has 0 radical (unpaired) electrons. The molecule has 0 saturated carbocycles. The molecule has 0 spiro atoms. The lowest BCUT2D eigenvalue weighted by molar-refractivity contribution is -0.116. The maximum Gasteiger partial charge on any atom is 0.243 e. The predicted octanol–water partition coefficient (Wildman–Crippen LogP) is 2.76. The van der Waals surface area contributed by atoms with Crippen molar-refractivity contribution in [1.29, 1.82) is 0 Å². The summed E-state index contributed by atoms with van der Waals surface area (Å²) in [7, 11) is -0.774. The molecule has 0 aromatic heterocycles. The summed E-state index contributed by atoms with van der Waals surface area (Å²) in [5.41, 5.74) is 0.552. The summed E-state index contributed by atoms with van der Waals surface area (Å²) in [5.74, 6) is 0.805. The minimum Gasteiger partial charge on any atom is -0.497 e. The highest BCUT2D eigenvalue weighted by molar-refractivity contribution is 7.89. The molecule has 0 saturated heterocycles. The molecular weight excluding hydrogens is 408 g/mol. The van der Waals surface area contributed by atoms with E-state index in [0.29, 0.717) is 36.8 Å². The second-order valence-electron chi connectivity index (χ2n) is 6.37. The van der Waals surface area contributed by atoms with Gasteiger partial charge in [0.15, 0.2) is 0 Å². The number of hydrogen-bond acceptors (Lipinski definition) is 6. The highest BCUT2D eigenvalue weighted by Gasteiger charge is 2.26. The van der Waals surface area contributed by atoms with E-state index in [-0.39, 0.29) is 18.0 Å². The molecule has 0 heterocycles. The summed E-state index contributed by atoms with van der Waals surface area (Å²) in [5, 5.41) is 2.71. The molecule has 0 fully saturated rings. The van der Waals surface area contributed by atoms with E-state index < -0.39 is 15.9 Å². The Kier molecular flexibility index (Phi) is 9.10. The van der Waals surface area contributed by atoms with Crippen molar-refractivity contribution in [3.8, 4) is 11.5 Å². The molecule has 8 nitrogen and oxygen atoms in total. The van der Waals surface area contributed by atoms with Crippen molar-refractivity contribution >= 4 is 21.6 Å². The van der Waals surface area contributed by atoms with E-state index in [0.717, 1.165) is 4.31 Å². The number of carbonyl (C=O) groups is 1. The molecule has 0 aliphatic rings. The largest absolute Gasteiger partial charge is 0.497 e. The zero-order chi connectivity index (χ0) is 22.0. The van der Waals surface area contributed by atoms with Crippen LogP contribution in [0.3, 0.4) is 0 Å². The minimum absolute atomic E-state index is 0.0978. The molecule has 164 valence electrons. The number of nitrogens with zero attached hydrogens (tertiary/aromatic N) is 1. The summed E-state index contributed by atoms with van der Waals surface area (Å²) in [6.07, 6.45) is 0.461. The van der Waals surface area contributed by atoms with Gasteiger partial charge in [0.1, 0.15) is 11.5 Å². The number of rotatable bonds is 12. The number of ether oxygens (including phenoxy) is 3. The molecule has 0 atom stereocenters. The highest BCUT2D eigenvalue weighted by atomic mass is 32.2. The lowest BCUT2D eigenvalue weighted by Gasteiger charge is -2.22. The van der Waals surface area contributed by atoms with Crippen LogP contribution in [0.4, 0.5) is 5.69 Å². The smallest absolute Gasteiger partial charge is 0.243 e. The first kappa shape index (κ1) is 23.7. The number of nitrogens with one attached hydrogen (secondary N) is 1. The summed E-state index contributed by atoms with van der Waals surface area (Å²) >= 11 is 0.